The lowest BCUT2D eigenvalue weighted by Gasteiger charge is -2.21. The molecule has 1 aromatic heterocycles. The Morgan fingerprint density at radius 1 is 1.11 bits per heavy atom. The third kappa shape index (κ3) is 9.56. The number of alkyl halides is 3. The minimum atomic E-state index is -5.08. The van der Waals surface area contributed by atoms with E-state index in [9.17, 15) is 31.5 Å². The highest BCUT2D eigenvalue weighted by Gasteiger charge is 2.38. The van der Waals surface area contributed by atoms with Gasteiger partial charge >= 0.3 is 18.1 Å². The van der Waals surface area contributed by atoms with Gasteiger partial charge in [0, 0.05) is 0 Å². The van der Waals surface area contributed by atoms with Crippen LogP contribution in [0.1, 0.15) is 48.0 Å². The number of carbonyl (C=O) groups excluding carboxylic acids is 1. The summed E-state index contributed by atoms with van der Waals surface area (Å²) in [6.45, 7) is 0.378. The quantitative estimate of drug-likeness (QED) is 0.234. The highest BCUT2D eigenvalue weighted by molar-refractivity contribution is 9.10. The van der Waals surface area contributed by atoms with E-state index in [0.29, 0.717) is 12.2 Å². The van der Waals surface area contributed by atoms with Crippen molar-refractivity contribution in [1.29, 1.82) is 0 Å². The number of aromatic hydroxyl groups is 1. The molecule has 16 heteroatoms. The Balaban J connectivity index is 0.000000638. The fraction of sp³-hybridized carbons (Fsp3) is 0.455. The van der Waals surface area contributed by atoms with Crippen LogP contribution in [-0.2, 0) is 29.9 Å². The number of halogens is 6. The second kappa shape index (κ2) is 14.2. The average Bonchev–Trinajstić information content (AvgIpc) is 3.08. The van der Waals surface area contributed by atoms with Crippen molar-refractivity contribution in [3.05, 3.63) is 42.5 Å². The molecule has 2 N–H and O–H groups in total. The monoisotopic (exact) mass is 684 g/mol. The Labute approximate surface area is 238 Å². The number of sulfone groups is 1. The standard InChI is InChI=1S/C20H21BrCl2O6S2.C2HF3O2/c21-16-17(19(23)30-18(16)22)31(26,27)11-12-6-7-14(15(24)10-12)20(25)29-9-8-28-13-4-2-1-3-5-13;3-2(4,5)1(6)7/h6-7,10,13,24H,1-5,8-9,11H2;(H,6,7). The Morgan fingerprint density at radius 2 is 1.71 bits per heavy atom. The molecule has 0 aliphatic heterocycles. The van der Waals surface area contributed by atoms with Crippen molar-refractivity contribution in [2.24, 2.45) is 0 Å². The van der Waals surface area contributed by atoms with Gasteiger partial charge in [-0.3, -0.25) is 0 Å². The van der Waals surface area contributed by atoms with Gasteiger partial charge in [-0.25, -0.2) is 18.0 Å². The molecular formula is C22H22BrCl2F3O8S2. The molecule has 0 atom stereocenters. The third-order valence-electron chi connectivity index (χ3n) is 5.14. The smallest absolute Gasteiger partial charge is 0.490 e. The first-order chi connectivity index (χ1) is 17.6. The zero-order valence-corrected chi connectivity index (χ0v) is 24.1. The number of phenols is 1. The maximum atomic E-state index is 12.7. The van der Waals surface area contributed by atoms with Crippen molar-refractivity contribution >= 4 is 72.2 Å². The van der Waals surface area contributed by atoms with E-state index in [1.807, 2.05) is 0 Å². The molecule has 1 aromatic carbocycles. The van der Waals surface area contributed by atoms with E-state index in [1.165, 1.54) is 24.6 Å². The molecule has 0 bridgehead atoms. The fourth-order valence-electron chi connectivity index (χ4n) is 3.39. The molecule has 0 radical (unpaired) electrons. The van der Waals surface area contributed by atoms with Crippen LogP contribution in [0.3, 0.4) is 0 Å². The predicted molar refractivity (Wildman–Crippen MR) is 138 cm³/mol. The normalized spacial score (nSPS) is 14.5. The number of hydrogen-bond donors (Lipinski definition) is 2. The van der Waals surface area contributed by atoms with Crippen molar-refractivity contribution in [2.45, 2.75) is 55.0 Å². The van der Waals surface area contributed by atoms with Crippen molar-refractivity contribution in [3.8, 4) is 5.75 Å². The van der Waals surface area contributed by atoms with E-state index < -0.39 is 33.7 Å². The van der Waals surface area contributed by atoms with Gasteiger partial charge in [-0.2, -0.15) is 13.2 Å². The van der Waals surface area contributed by atoms with E-state index >= 15 is 0 Å². The Bertz CT molecular complexity index is 1250. The van der Waals surface area contributed by atoms with E-state index in [-0.39, 0.29) is 42.1 Å². The summed E-state index contributed by atoms with van der Waals surface area (Å²) in [5.74, 6) is -4.24. The van der Waals surface area contributed by atoms with Crippen LogP contribution in [-0.4, -0.2) is 56.1 Å². The van der Waals surface area contributed by atoms with Crippen molar-refractivity contribution in [3.63, 3.8) is 0 Å². The summed E-state index contributed by atoms with van der Waals surface area (Å²) in [5.41, 5.74) is 0.247. The molecular weight excluding hydrogens is 664 g/mol. The number of carbonyl (C=O) groups is 2. The van der Waals surface area contributed by atoms with Gasteiger partial charge in [0.2, 0.25) is 0 Å². The molecule has 8 nitrogen and oxygen atoms in total. The molecule has 1 aliphatic carbocycles. The van der Waals surface area contributed by atoms with Crippen LogP contribution < -0.4 is 0 Å². The molecule has 0 unspecified atom stereocenters. The van der Waals surface area contributed by atoms with E-state index in [2.05, 4.69) is 15.9 Å². The maximum Gasteiger partial charge on any atom is 0.490 e. The largest absolute Gasteiger partial charge is 0.507 e. The van der Waals surface area contributed by atoms with Crippen LogP contribution >= 0.6 is 50.5 Å². The van der Waals surface area contributed by atoms with Gasteiger partial charge < -0.3 is 19.7 Å². The molecule has 38 heavy (non-hydrogen) atoms. The predicted octanol–water partition coefficient (Wildman–Crippen LogP) is 6.64. The van der Waals surface area contributed by atoms with E-state index in [4.69, 9.17) is 42.6 Å². The number of aliphatic carboxylic acids is 1. The summed E-state index contributed by atoms with van der Waals surface area (Å²) in [4.78, 5) is 21.0. The van der Waals surface area contributed by atoms with Crippen molar-refractivity contribution < 1.29 is 50.9 Å². The Hall–Kier alpha value is -1.58. The fourth-order valence-corrected chi connectivity index (χ4v) is 8.50. The summed E-state index contributed by atoms with van der Waals surface area (Å²) in [5, 5.41) is 17.3. The molecule has 3 rings (SSSR count). The number of ether oxygens (including phenoxy) is 2. The Kier molecular flexibility index (Phi) is 12.2. The molecule has 1 saturated carbocycles. The summed E-state index contributed by atoms with van der Waals surface area (Å²) in [6, 6.07) is 4.01. The van der Waals surface area contributed by atoms with E-state index in [0.717, 1.165) is 37.0 Å². The van der Waals surface area contributed by atoms with Crippen molar-refractivity contribution in [2.75, 3.05) is 13.2 Å². The Morgan fingerprint density at radius 3 is 2.21 bits per heavy atom. The second-order valence-corrected chi connectivity index (χ2v) is 12.9. The van der Waals surface area contributed by atoms with Crippen LogP contribution in [0.25, 0.3) is 0 Å². The van der Waals surface area contributed by atoms with Crippen molar-refractivity contribution in [1.82, 2.24) is 0 Å². The van der Waals surface area contributed by atoms with Crippen LogP contribution in [0.2, 0.25) is 8.67 Å². The molecule has 2 aromatic rings. The lowest BCUT2D eigenvalue weighted by Crippen LogP contribution is -2.21. The van der Waals surface area contributed by atoms with Gasteiger partial charge in [-0.15, -0.1) is 11.3 Å². The summed E-state index contributed by atoms with van der Waals surface area (Å²) >= 11 is 16.0. The molecule has 1 heterocycles. The number of carboxylic acids is 1. The molecule has 1 aliphatic rings. The highest BCUT2D eigenvalue weighted by atomic mass is 79.9. The van der Waals surface area contributed by atoms with Crippen LogP contribution in [0, 0.1) is 0 Å². The average molecular weight is 686 g/mol. The minimum Gasteiger partial charge on any atom is -0.507 e. The number of carboxylic acid groups (broad SMARTS) is 1. The summed E-state index contributed by atoms with van der Waals surface area (Å²) in [6.07, 6.45) is 0.730. The van der Waals surface area contributed by atoms with Crippen LogP contribution in [0.15, 0.2) is 27.6 Å². The van der Waals surface area contributed by atoms with E-state index in [1.54, 1.807) is 0 Å². The van der Waals surface area contributed by atoms with Crippen LogP contribution in [0.5, 0.6) is 5.75 Å². The van der Waals surface area contributed by atoms with Crippen LogP contribution in [0.4, 0.5) is 13.2 Å². The lowest BCUT2D eigenvalue weighted by molar-refractivity contribution is -0.192. The van der Waals surface area contributed by atoms with Gasteiger partial charge in [0.25, 0.3) is 0 Å². The zero-order chi connectivity index (χ0) is 28.7. The zero-order valence-electron chi connectivity index (χ0n) is 19.4. The third-order valence-corrected chi connectivity index (χ3v) is 10.3. The number of benzene rings is 1. The topological polar surface area (TPSA) is 127 Å². The summed E-state index contributed by atoms with van der Waals surface area (Å²) in [7, 11) is -3.83. The van der Waals surface area contributed by atoms with Gasteiger partial charge in [0.05, 0.1) is 22.9 Å². The number of rotatable bonds is 8. The van der Waals surface area contributed by atoms with Gasteiger partial charge in [-0.1, -0.05) is 48.5 Å². The number of phenolic OH excluding ortho intramolecular Hbond substituents is 1. The van der Waals surface area contributed by atoms with Gasteiger partial charge in [0.1, 0.15) is 31.5 Å². The summed E-state index contributed by atoms with van der Waals surface area (Å²) < 4.78 is 68.6. The highest BCUT2D eigenvalue weighted by Crippen LogP contribution is 2.44. The van der Waals surface area contributed by atoms with Gasteiger partial charge in [0.15, 0.2) is 9.84 Å². The molecule has 212 valence electrons. The lowest BCUT2D eigenvalue weighted by atomic mass is 9.98. The first kappa shape index (κ1) is 32.6. The first-order valence-electron chi connectivity index (χ1n) is 10.9. The number of esters is 1. The second-order valence-electron chi connectivity index (χ2n) is 7.97. The number of hydrogen-bond acceptors (Lipinski definition) is 8. The molecule has 1 fully saturated rings. The SMILES string of the molecule is O=C(O)C(F)(F)F.O=C(OCCOC1CCCCC1)c1ccc(CS(=O)(=O)c2c(Cl)sc(Cl)c2Br)cc1O. The maximum absolute atomic E-state index is 12.7. The molecule has 0 amide bonds. The molecule has 0 spiro atoms. The molecule has 0 saturated heterocycles. The minimum absolute atomic E-state index is 0.0448. The first-order valence-corrected chi connectivity index (χ1v) is 14.9. The number of thiophene rings is 1. The van der Waals surface area contributed by atoms with Gasteiger partial charge in [-0.05, 0) is 46.5 Å².